The Hall–Kier alpha value is -2.55. The minimum Gasteiger partial charge on any atom is -0.496 e. The number of benzene rings is 2. The summed E-state index contributed by atoms with van der Waals surface area (Å²) in [6.07, 6.45) is 4.97. The maximum Gasteiger partial charge on any atom is 0.249 e. The Balaban J connectivity index is 2.07. The number of hydrogen-bond acceptors (Lipinski definition) is 2. The number of nitrogens with two attached hydrogens (primary N) is 1. The van der Waals surface area contributed by atoms with Crippen molar-refractivity contribution in [3.05, 3.63) is 57.2 Å². The van der Waals surface area contributed by atoms with Crippen LogP contribution in [0.25, 0.3) is 17.2 Å². The minimum atomic E-state index is -0.366. The van der Waals surface area contributed by atoms with E-state index < -0.39 is 0 Å². The molecule has 140 valence electrons. The number of ether oxygens (including phenoxy) is 1. The molecule has 0 aromatic heterocycles. The molecular formula is C24H27NO2. The number of aryl methyl sites for hydroxylation is 1. The van der Waals surface area contributed by atoms with Crippen molar-refractivity contribution in [2.45, 2.75) is 52.4 Å². The third-order valence-electron chi connectivity index (χ3n) is 5.85. The predicted molar refractivity (Wildman–Crippen MR) is 110 cm³/mol. The Kier molecular flexibility index (Phi) is 3.95. The normalized spacial score (nSPS) is 14.9. The molecule has 1 amide bonds. The third-order valence-corrected chi connectivity index (χ3v) is 5.85. The van der Waals surface area contributed by atoms with Crippen molar-refractivity contribution >= 4 is 12.0 Å². The van der Waals surface area contributed by atoms with Gasteiger partial charge in [-0.1, -0.05) is 44.6 Å². The molecule has 2 aliphatic carbocycles. The number of carbonyl (C=O) groups excluding carboxylic acids is 1. The van der Waals surface area contributed by atoms with E-state index in [1.807, 2.05) is 6.07 Å². The first kappa shape index (κ1) is 17.8. The van der Waals surface area contributed by atoms with Crippen molar-refractivity contribution in [3.8, 4) is 16.9 Å². The van der Waals surface area contributed by atoms with E-state index in [4.69, 9.17) is 10.5 Å². The molecule has 0 radical (unpaired) electrons. The number of allylic oxidation sites excluding steroid dienone is 1. The van der Waals surface area contributed by atoms with Crippen LogP contribution in [0, 0.1) is 0 Å². The number of hydrogen-bond donors (Lipinski definition) is 1. The van der Waals surface area contributed by atoms with Crippen LogP contribution in [0.4, 0.5) is 0 Å². The predicted octanol–water partition coefficient (Wildman–Crippen LogP) is 4.82. The summed E-state index contributed by atoms with van der Waals surface area (Å²) in [4.78, 5) is 12.3. The van der Waals surface area contributed by atoms with E-state index in [-0.39, 0.29) is 11.3 Å². The second-order valence-electron chi connectivity index (χ2n) is 8.84. The highest BCUT2D eigenvalue weighted by Gasteiger charge is 2.30. The SMILES string of the molecule is COc1c2cc(C(N)=O)c(-c3cc(C(C)(C)C)cc4c3CC(C)=C4)c1CC2. The monoisotopic (exact) mass is 361 g/mol. The zero-order chi connectivity index (χ0) is 19.5. The van der Waals surface area contributed by atoms with Crippen LogP contribution in [0.2, 0.25) is 0 Å². The number of fused-ring (bicyclic) bond motifs is 3. The van der Waals surface area contributed by atoms with Gasteiger partial charge in [0.2, 0.25) is 5.91 Å². The van der Waals surface area contributed by atoms with Gasteiger partial charge < -0.3 is 10.5 Å². The fraction of sp³-hybridized carbons (Fsp3) is 0.375. The van der Waals surface area contributed by atoms with Crippen LogP contribution in [0.5, 0.6) is 5.75 Å². The van der Waals surface area contributed by atoms with Gasteiger partial charge >= 0.3 is 0 Å². The summed E-state index contributed by atoms with van der Waals surface area (Å²) in [5, 5.41) is 0. The largest absolute Gasteiger partial charge is 0.496 e. The van der Waals surface area contributed by atoms with Gasteiger partial charge in [0.25, 0.3) is 0 Å². The standard InChI is InChI=1S/C24H27NO2/c1-13-8-15-10-16(24(2,3)4)12-19(18(15)9-13)21-17-7-6-14(22(17)27-5)11-20(21)23(25)26/h8,10-12H,6-7,9H2,1-5H3,(H2,25,26). The Labute approximate surface area is 161 Å². The van der Waals surface area contributed by atoms with Gasteiger partial charge in [0.15, 0.2) is 0 Å². The van der Waals surface area contributed by atoms with E-state index in [2.05, 4.69) is 45.9 Å². The smallest absolute Gasteiger partial charge is 0.249 e. The summed E-state index contributed by atoms with van der Waals surface area (Å²) < 4.78 is 5.71. The lowest BCUT2D eigenvalue weighted by Gasteiger charge is -2.24. The first-order valence-corrected chi connectivity index (χ1v) is 9.58. The van der Waals surface area contributed by atoms with Gasteiger partial charge in [0, 0.05) is 16.7 Å². The van der Waals surface area contributed by atoms with Gasteiger partial charge in [-0.25, -0.2) is 0 Å². The zero-order valence-electron chi connectivity index (χ0n) is 16.8. The van der Waals surface area contributed by atoms with E-state index in [0.717, 1.165) is 47.3 Å². The molecule has 0 unspecified atom stereocenters. The summed E-state index contributed by atoms with van der Waals surface area (Å²) in [6, 6.07) is 6.50. The highest BCUT2D eigenvalue weighted by atomic mass is 16.5. The number of methoxy groups -OCH3 is 1. The first-order valence-electron chi connectivity index (χ1n) is 9.58. The van der Waals surface area contributed by atoms with E-state index in [1.54, 1.807) is 7.11 Å². The van der Waals surface area contributed by atoms with E-state index >= 15 is 0 Å². The third kappa shape index (κ3) is 2.77. The van der Waals surface area contributed by atoms with Gasteiger partial charge in [0.05, 0.1) is 7.11 Å². The van der Waals surface area contributed by atoms with Crippen LogP contribution in [0.1, 0.15) is 65.9 Å². The molecule has 0 heterocycles. The average molecular weight is 361 g/mol. The molecule has 2 aliphatic rings. The first-order chi connectivity index (χ1) is 12.7. The van der Waals surface area contributed by atoms with Gasteiger partial charge in [0.1, 0.15) is 5.75 Å². The molecule has 4 rings (SSSR count). The molecule has 0 atom stereocenters. The van der Waals surface area contributed by atoms with E-state index in [9.17, 15) is 4.79 Å². The topological polar surface area (TPSA) is 52.3 Å². The molecule has 3 nitrogen and oxygen atoms in total. The quantitative estimate of drug-likeness (QED) is 0.852. The lowest BCUT2D eigenvalue weighted by Crippen LogP contribution is -2.15. The van der Waals surface area contributed by atoms with Crippen molar-refractivity contribution in [2.75, 3.05) is 7.11 Å². The van der Waals surface area contributed by atoms with Crippen LogP contribution in [0.15, 0.2) is 23.8 Å². The maximum atomic E-state index is 12.3. The minimum absolute atomic E-state index is 0.0192. The van der Waals surface area contributed by atoms with Crippen LogP contribution in [-0.4, -0.2) is 13.0 Å². The molecule has 3 heteroatoms. The van der Waals surface area contributed by atoms with Gasteiger partial charge in [-0.2, -0.15) is 0 Å². The Morgan fingerprint density at radius 2 is 1.85 bits per heavy atom. The maximum absolute atomic E-state index is 12.3. The number of primary amides is 1. The lowest BCUT2D eigenvalue weighted by molar-refractivity contribution is 0.100. The average Bonchev–Trinajstić information content (AvgIpc) is 3.10. The second kappa shape index (κ2) is 5.98. The summed E-state index contributed by atoms with van der Waals surface area (Å²) in [5.74, 6) is 0.558. The Morgan fingerprint density at radius 1 is 1.11 bits per heavy atom. The van der Waals surface area contributed by atoms with E-state index in [0.29, 0.717) is 5.56 Å². The molecule has 0 spiro atoms. The Morgan fingerprint density at radius 3 is 2.48 bits per heavy atom. The van der Waals surface area contributed by atoms with Gasteiger partial charge in [-0.3, -0.25) is 4.79 Å². The molecule has 27 heavy (non-hydrogen) atoms. The summed E-state index contributed by atoms with van der Waals surface area (Å²) in [5.41, 5.74) is 16.0. The molecule has 2 N–H and O–H groups in total. The lowest BCUT2D eigenvalue weighted by atomic mass is 9.81. The fourth-order valence-electron chi connectivity index (χ4n) is 4.49. The molecule has 0 aliphatic heterocycles. The Bertz CT molecular complexity index is 1010. The van der Waals surface area contributed by atoms with Crippen LogP contribution in [0.3, 0.4) is 0 Å². The van der Waals surface area contributed by atoms with Crippen molar-refractivity contribution in [1.82, 2.24) is 0 Å². The molecule has 2 aromatic carbocycles. The van der Waals surface area contributed by atoms with Crippen LogP contribution >= 0.6 is 0 Å². The molecule has 0 saturated heterocycles. The second-order valence-corrected chi connectivity index (χ2v) is 8.84. The van der Waals surface area contributed by atoms with Crippen molar-refractivity contribution < 1.29 is 9.53 Å². The summed E-state index contributed by atoms with van der Waals surface area (Å²) in [6.45, 7) is 8.84. The number of amides is 1. The van der Waals surface area contributed by atoms with Crippen molar-refractivity contribution in [2.24, 2.45) is 5.73 Å². The molecule has 0 saturated carbocycles. The van der Waals surface area contributed by atoms with Crippen molar-refractivity contribution in [3.63, 3.8) is 0 Å². The molecular weight excluding hydrogens is 334 g/mol. The number of carbonyl (C=O) groups is 1. The molecule has 2 aromatic rings. The van der Waals surface area contributed by atoms with E-state index in [1.165, 1.54) is 22.3 Å². The molecule has 2 bridgehead atoms. The van der Waals surface area contributed by atoms with Crippen molar-refractivity contribution in [1.29, 1.82) is 0 Å². The summed E-state index contributed by atoms with van der Waals surface area (Å²) >= 11 is 0. The van der Waals surface area contributed by atoms with Gasteiger partial charge in [-0.05, 0) is 65.5 Å². The fourth-order valence-corrected chi connectivity index (χ4v) is 4.49. The highest BCUT2D eigenvalue weighted by Crippen LogP contribution is 2.46. The van der Waals surface area contributed by atoms with Crippen LogP contribution < -0.4 is 10.5 Å². The highest BCUT2D eigenvalue weighted by molar-refractivity contribution is 6.03. The van der Waals surface area contributed by atoms with Crippen LogP contribution in [-0.2, 0) is 24.7 Å². The number of rotatable bonds is 3. The summed E-state index contributed by atoms with van der Waals surface area (Å²) in [7, 11) is 1.71. The zero-order valence-corrected chi connectivity index (χ0v) is 16.8. The van der Waals surface area contributed by atoms with Gasteiger partial charge in [-0.15, -0.1) is 0 Å². The molecule has 0 fully saturated rings.